The number of rotatable bonds is 5. The average Bonchev–Trinajstić information content (AvgIpc) is 2.01. The van der Waals surface area contributed by atoms with Gasteiger partial charge in [-0.15, -0.1) is 0 Å². The van der Waals surface area contributed by atoms with Crippen molar-refractivity contribution in [1.82, 2.24) is 0 Å². The lowest BCUT2D eigenvalue weighted by Crippen LogP contribution is -2.29. The molecule has 0 rings (SSSR count). The van der Waals surface area contributed by atoms with Crippen LogP contribution in [0.3, 0.4) is 0 Å². The summed E-state index contributed by atoms with van der Waals surface area (Å²) >= 11 is 8.53. The van der Waals surface area contributed by atoms with Gasteiger partial charge in [0, 0.05) is 12.5 Å². The Hall–Kier alpha value is 0.660. The third-order valence-electron chi connectivity index (χ3n) is 1.87. The lowest BCUT2D eigenvalue weighted by atomic mass is 9.91. The first kappa shape index (κ1) is 10.7. The Morgan fingerprint density at radius 1 is 1.30 bits per heavy atom. The summed E-state index contributed by atoms with van der Waals surface area (Å²) in [5.41, 5.74) is 0.182. The molecule has 0 aromatic carbocycles. The van der Waals surface area contributed by atoms with Crippen molar-refractivity contribution in [2.45, 2.75) is 13.3 Å². The van der Waals surface area contributed by atoms with Crippen LogP contribution >= 0.6 is 25.3 Å². The molecule has 0 amide bonds. The smallest absolute Gasteiger partial charge is 0.0534 e. The van der Waals surface area contributed by atoms with Crippen LogP contribution in [-0.2, 0) is 4.74 Å². The van der Waals surface area contributed by atoms with Gasteiger partial charge in [0.15, 0.2) is 0 Å². The van der Waals surface area contributed by atoms with Gasteiger partial charge < -0.3 is 4.74 Å². The summed E-state index contributed by atoms with van der Waals surface area (Å²) in [6.45, 7) is 2.90. The van der Waals surface area contributed by atoms with Crippen molar-refractivity contribution in [3.8, 4) is 0 Å². The Bertz CT molecular complexity index is 73.4. The predicted octanol–water partition coefficient (Wildman–Crippen LogP) is 1.89. The van der Waals surface area contributed by atoms with Gasteiger partial charge in [0.1, 0.15) is 0 Å². The second kappa shape index (κ2) is 5.33. The maximum atomic E-state index is 5.08. The number of thiol groups is 2. The van der Waals surface area contributed by atoms with Crippen molar-refractivity contribution < 1.29 is 4.74 Å². The van der Waals surface area contributed by atoms with Crippen molar-refractivity contribution in [2.24, 2.45) is 5.41 Å². The normalized spacial score (nSPS) is 12.0. The third-order valence-corrected chi connectivity index (χ3v) is 3.21. The van der Waals surface area contributed by atoms with E-state index < -0.39 is 0 Å². The van der Waals surface area contributed by atoms with E-state index in [1.807, 2.05) is 0 Å². The average molecular weight is 180 g/mol. The Morgan fingerprint density at radius 3 is 1.90 bits per heavy atom. The maximum absolute atomic E-state index is 5.08. The van der Waals surface area contributed by atoms with E-state index in [1.54, 1.807) is 7.11 Å². The van der Waals surface area contributed by atoms with Gasteiger partial charge in [-0.05, 0) is 17.9 Å². The third kappa shape index (κ3) is 2.72. The minimum Gasteiger partial charge on any atom is -0.384 e. The molecular formula is C7H16OS2. The molecule has 0 aromatic rings. The standard InChI is InChI=1S/C7H16OS2/c1-3-7(5-9,6-10)4-8-2/h9-10H,3-6H2,1-2H3. The van der Waals surface area contributed by atoms with Crippen molar-refractivity contribution >= 4 is 25.3 Å². The molecule has 10 heavy (non-hydrogen) atoms. The molecule has 0 heterocycles. The van der Waals surface area contributed by atoms with Gasteiger partial charge in [-0.25, -0.2) is 0 Å². The van der Waals surface area contributed by atoms with Gasteiger partial charge in [0.25, 0.3) is 0 Å². The molecule has 0 spiro atoms. The van der Waals surface area contributed by atoms with Crippen LogP contribution in [0.5, 0.6) is 0 Å². The predicted molar refractivity (Wildman–Crippen MR) is 52.3 cm³/mol. The topological polar surface area (TPSA) is 9.23 Å². The Kier molecular flexibility index (Phi) is 5.68. The zero-order chi connectivity index (χ0) is 8.04. The number of ether oxygens (including phenoxy) is 1. The number of hydrogen-bond acceptors (Lipinski definition) is 3. The summed E-state index contributed by atoms with van der Waals surface area (Å²) in [5, 5.41) is 0. The number of methoxy groups -OCH3 is 1. The fourth-order valence-electron chi connectivity index (χ4n) is 0.773. The molecule has 0 saturated carbocycles. The van der Waals surface area contributed by atoms with E-state index >= 15 is 0 Å². The second-order valence-electron chi connectivity index (χ2n) is 2.60. The molecule has 0 aliphatic rings. The van der Waals surface area contributed by atoms with Crippen LogP contribution in [0, 0.1) is 5.41 Å². The molecule has 0 aromatic heterocycles. The van der Waals surface area contributed by atoms with E-state index in [4.69, 9.17) is 4.74 Å². The molecule has 0 radical (unpaired) electrons. The van der Waals surface area contributed by atoms with E-state index in [-0.39, 0.29) is 5.41 Å². The molecule has 0 N–H and O–H groups in total. The van der Waals surface area contributed by atoms with Crippen LogP contribution in [0.4, 0.5) is 0 Å². The van der Waals surface area contributed by atoms with Gasteiger partial charge in [-0.2, -0.15) is 25.3 Å². The van der Waals surface area contributed by atoms with Gasteiger partial charge >= 0.3 is 0 Å². The molecular weight excluding hydrogens is 164 g/mol. The monoisotopic (exact) mass is 180 g/mol. The van der Waals surface area contributed by atoms with Gasteiger partial charge in [0.05, 0.1) is 6.61 Å². The molecule has 0 atom stereocenters. The summed E-state index contributed by atoms with van der Waals surface area (Å²) in [6, 6.07) is 0. The maximum Gasteiger partial charge on any atom is 0.0534 e. The zero-order valence-electron chi connectivity index (χ0n) is 6.63. The molecule has 0 unspecified atom stereocenters. The van der Waals surface area contributed by atoms with Crippen molar-refractivity contribution in [3.63, 3.8) is 0 Å². The van der Waals surface area contributed by atoms with Crippen LogP contribution in [0.15, 0.2) is 0 Å². The first-order valence-electron chi connectivity index (χ1n) is 3.45. The summed E-state index contributed by atoms with van der Waals surface area (Å²) in [6.07, 6.45) is 1.08. The molecule has 0 aliphatic heterocycles. The summed E-state index contributed by atoms with van der Waals surface area (Å²) in [7, 11) is 1.72. The van der Waals surface area contributed by atoms with Crippen molar-refractivity contribution in [3.05, 3.63) is 0 Å². The van der Waals surface area contributed by atoms with Gasteiger partial charge in [0.2, 0.25) is 0 Å². The van der Waals surface area contributed by atoms with Crippen LogP contribution < -0.4 is 0 Å². The summed E-state index contributed by atoms with van der Waals surface area (Å²) in [4.78, 5) is 0. The highest BCUT2D eigenvalue weighted by atomic mass is 32.1. The zero-order valence-corrected chi connectivity index (χ0v) is 8.42. The fraction of sp³-hybridized carbons (Fsp3) is 1.00. The molecule has 0 saturated heterocycles. The summed E-state index contributed by atoms with van der Waals surface area (Å²) in [5.74, 6) is 1.70. The van der Waals surface area contributed by atoms with Crippen molar-refractivity contribution in [2.75, 3.05) is 25.2 Å². The molecule has 62 valence electrons. The highest BCUT2D eigenvalue weighted by Gasteiger charge is 2.24. The van der Waals surface area contributed by atoms with E-state index in [2.05, 4.69) is 32.2 Å². The van der Waals surface area contributed by atoms with Crippen LogP contribution in [0.25, 0.3) is 0 Å². The van der Waals surface area contributed by atoms with Crippen molar-refractivity contribution in [1.29, 1.82) is 0 Å². The summed E-state index contributed by atoms with van der Waals surface area (Å²) < 4.78 is 5.08. The minimum atomic E-state index is 0.182. The Labute approximate surface area is 74.4 Å². The fourth-order valence-corrected chi connectivity index (χ4v) is 1.80. The Balaban J connectivity index is 3.87. The van der Waals surface area contributed by atoms with E-state index in [9.17, 15) is 0 Å². The minimum absolute atomic E-state index is 0.182. The van der Waals surface area contributed by atoms with E-state index in [1.165, 1.54) is 0 Å². The first-order valence-corrected chi connectivity index (χ1v) is 4.72. The lowest BCUT2D eigenvalue weighted by Gasteiger charge is -2.27. The second-order valence-corrected chi connectivity index (χ2v) is 3.24. The Morgan fingerprint density at radius 2 is 1.80 bits per heavy atom. The number of hydrogen-bond donors (Lipinski definition) is 2. The lowest BCUT2D eigenvalue weighted by molar-refractivity contribution is 0.108. The largest absolute Gasteiger partial charge is 0.384 e. The molecule has 1 nitrogen and oxygen atoms in total. The van der Waals surface area contributed by atoms with Gasteiger partial charge in [-0.3, -0.25) is 0 Å². The highest BCUT2D eigenvalue weighted by molar-refractivity contribution is 7.81. The van der Waals surface area contributed by atoms with Gasteiger partial charge in [-0.1, -0.05) is 6.92 Å². The molecule has 3 heteroatoms. The quantitative estimate of drug-likeness (QED) is 0.614. The first-order chi connectivity index (χ1) is 4.74. The van der Waals surface area contributed by atoms with Crippen LogP contribution in [0.2, 0.25) is 0 Å². The molecule has 0 fully saturated rings. The van der Waals surface area contributed by atoms with Crippen LogP contribution in [0.1, 0.15) is 13.3 Å². The molecule has 0 bridgehead atoms. The SMILES string of the molecule is CCC(CS)(CS)COC. The highest BCUT2D eigenvalue weighted by Crippen LogP contribution is 2.25. The van der Waals surface area contributed by atoms with E-state index in [0.717, 1.165) is 24.5 Å². The van der Waals surface area contributed by atoms with E-state index in [0.29, 0.717) is 0 Å². The molecule has 0 aliphatic carbocycles. The van der Waals surface area contributed by atoms with Crippen LogP contribution in [-0.4, -0.2) is 25.2 Å².